The van der Waals surface area contributed by atoms with E-state index in [4.69, 9.17) is 4.74 Å². The Morgan fingerprint density at radius 2 is 1.05 bits per heavy atom. The van der Waals surface area contributed by atoms with Crippen molar-refractivity contribution < 1.29 is 9.53 Å². The molecule has 7 rings (SSSR count). The molecule has 7 aromatic rings. The van der Waals surface area contributed by atoms with Crippen molar-refractivity contribution >= 4 is 46.3 Å². The van der Waals surface area contributed by atoms with E-state index in [1.807, 2.05) is 6.07 Å². The van der Waals surface area contributed by atoms with Gasteiger partial charge in [0.15, 0.2) is 0 Å². The first-order valence-corrected chi connectivity index (χ1v) is 19.3. The third-order valence-corrected chi connectivity index (χ3v) is 10.0. The van der Waals surface area contributed by atoms with Crippen molar-refractivity contribution in [3.63, 3.8) is 0 Å². The fourth-order valence-electron chi connectivity index (χ4n) is 6.98. The van der Waals surface area contributed by atoms with E-state index in [0.717, 1.165) is 39.3 Å². The van der Waals surface area contributed by atoms with Crippen molar-refractivity contribution in [2.24, 2.45) is 0 Å². The van der Waals surface area contributed by atoms with Gasteiger partial charge < -0.3 is 9.64 Å². The molecule has 0 saturated heterocycles. The average Bonchev–Trinajstić information content (AvgIpc) is 3.24. The maximum atomic E-state index is 12.1. The summed E-state index contributed by atoms with van der Waals surface area (Å²) < 4.78 is 5.48. The molecule has 0 heterocycles. The molecule has 0 radical (unpaired) electrons. The molecule has 0 spiro atoms. The van der Waals surface area contributed by atoms with Crippen molar-refractivity contribution in [1.29, 1.82) is 0 Å². The van der Waals surface area contributed by atoms with E-state index in [0.29, 0.717) is 5.57 Å². The van der Waals surface area contributed by atoms with E-state index in [2.05, 4.69) is 214 Å². The predicted octanol–water partition coefficient (Wildman–Crippen LogP) is 13.9. The minimum absolute atomic E-state index is 0.185. The highest BCUT2D eigenvalue weighted by atomic mass is 16.5. The average molecular weight is 742 g/mol. The molecule has 0 aliphatic carbocycles. The maximum Gasteiger partial charge on any atom is 0.333 e. The lowest BCUT2D eigenvalue weighted by Gasteiger charge is -2.27. The van der Waals surface area contributed by atoms with E-state index in [9.17, 15) is 4.79 Å². The molecule has 0 fully saturated rings. The number of rotatable bonds is 12. The van der Waals surface area contributed by atoms with Crippen molar-refractivity contribution in [2.75, 3.05) is 4.90 Å². The first kappa shape index (κ1) is 38.3. The molecule has 0 atom stereocenters. The minimum Gasteiger partial charge on any atom is -0.457 e. The number of carbonyl (C=O) groups excluding carboxylic acids is 1. The normalized spacial score (nSPS) is 11.6. The highest BCUT2D eigenvalue weighted by molar-refractivity contribution is 5.93. The number of aryl methyl sites for hydroxylation is 3. The van der Waals surface area contributed by atoms with Gasteiger partial charge in [-0.2, -0.15) is 0 Å². The molecule has 0 bridgehead atoms. The van der Waals surface area contributed by atoms with Gasteiger partial charge in [-0.05, 0) is 126 Å². The molecule has 280 valence electrons. The van der Waals surface area contributed by atoms with Crippen LogP contribution in [0.5, 0.6) is 0 Å². The van der Waals surface area contributed by atoms with Crippen molar-refractivity contribution in [1.82, 2.24) is 0 Å². The summed E-state index contributed by atoms with van der Waals surface area (Å²) in [6, 6.07) is 62.2. The van der Waals surface area contributed by atoms with Gasteiger partial charge in [0.05, 0.1) is 0 Å². The fourth-order valence-corrected chi connectivity index (χ4v) is 6.98. The van der Waals surface area contributed by atoms with Crippen LogP contribution in [-0.4, -0.2) is 5.97 Å². The van der Waals surface area contributed by atoms with Crippen molar-refractivity contribution in [3.05, 3.63) is 244 Å². The number of anilines is 3. The Kier molecular flexibility index (Phi) is 11.9. The van der Waals surface area contributed by atoms with E-state index in [-0.39, 0.29) is 6.61 Å². The van der Waals surface area contributed by atoms with Gasteiger partial charge in [-0.1, -0.05) is 163 Å². The SMILES string of the molecule is C=C(C)C(=O)OCc1ccc(N(c2ccc(/C=C(/c3ccccc3)c3cccc(C)c3)cc2)c2ccc(/C=C(\c3ccccc3)c3ccc(C)cc3)cc2)c(C)c1. The van der Waals surface area contributed by atoms with Crippen LogP contribution in [0.25, 0.3) is 23.3 Å². The largest absolute Gasteiger partial charge is 0.457 e. The molecule has 0 unspecified atom stereocenters. The Balaban J connectivity index is 1.27. The quantitative estimate of drug-likeness (QED) is 0.0709. The number of nitrogens with zero attached hydrogens (tertiary/aromatic N) is 1. The predicted molar refractivity (Wildman–Crippen MR) is 240 cm³/mol. The zero-order chi connectivity index (χ0) is 39.7. The first-order valence-electron chi connectivity index (χ1n) is 19.3. The molecule has 0 N–H and O–H groups in total. The number of ether oxygens (including phenoxy) is 1. The summed E-state index contributed by atoms with van der Waals surface area (Å²) in [7, 11) is 0. The molecule has 0 aliphatic rings. The van der Waals surface area contributed by atoms with E-state index < -0.39 is 5.97 Å². The zero-order valence-electron chi connectivity index (χ0n) is 33.1. The molecular weight excluding hydrogens is 695 g/mol. The van der Waals surface area contributed by atoms with Crippen LogP contribution in [-0.2, 0) is 16.1 Å². The second-order valence-electron chi connectivity index (χ2n) is 14.6. The summed E-state index contributed by atoms with van der Waals surface area (Å²) >= 11 is 0. The smallest absolute Gasteiger partial charge is 0.333 e. The fraction of sp³-hybridized carbons (Fsp3) is 0.0926. The molecule has 0 amide bonds. The molecular formula is C54H47NO2. The lowest BCUT2D eigenvalue weighted by Crippen LogP contribution is -2.12. The zero-order valence-corrected chi connectivity index (χ0v) is 33.1. The number of benzene rings is 7. The van der Waals surface area contributed by atoms with Crippen molar-refractivity contribution in [3.8, 4) is 0 Å². The highest BCUT2D eigenvalue weighted by Gasteiger charge is 2.17. The Labute approximate surface area is 337 Å². The third kappa shape index (κ3) is 9.47. The van der Waals surface area contributed by atoms with E-state index in [1.54, 1.807) is 6.92 Å². The van der Waals surface area contributed by atoms with Gasteiger partial charge in [0.1, 0.15) is 6.61 Å². The van der Waals surface area contributed by atoms with Gasteiger partial charge in [-0.15, -0.1) is 0 Å². The van der Waals surface area contributed by atoms with E-state index in [1.165, 1.54) is 44.5 Å². The third-order valence-electron chi connectivity index (χ3n) is 10.0. The first-order chi connectivity index (χ1) is 27.7. The lowest BCUT2D eigenvalue weighted by molar-refractivity contribution is -0.140. The number of hydrogen-bond donors (Lipinski definition) is 0. The van der Waals surface area contributed by atoms with Crippen LogP contribution in [0.3, 0.4) is 0 Å². The second-order valence-corrected chi connectivity index (χ2v) is 14.6. The van der Waals surface area contributed by atoms with Crippen LogP contribution >= 0.6 is 0 Å². The Morgan fingerprint density at radius 1 is 0.544 bits per heavy atom. The van der Waals surface area contributed by atoms with Gasteiger partial charge in [0.25, 0.3) is 0 Å². The van der Waals surface area contributed by atoms with Crippen LogP contribution in [0.1, 0.15) is 62.6 Å². The summed E-state index contributed by atoms with van der Waals surface area (Å²) in [5.41, 5.74) is 17.2. The van der Waals surface area contributed by atoms with Gasteiger partial charge >= 0.3 is 5.97 Å². The summed E-state index contributed by atoms with van der Waals surface area (Å²) in [5, 5.41) is 0. The summed E-state index contributed by atoms with van der Waals surface area (Å²) in [6.07, 6.45) is 4.53. The van der Waals surface area contributed by atoms with Crippen LogP contribution < -0.4 is 4.90 Å². The van der Waals surface area contributed by atoms with E-state index >= 15 is 0 Å². The van der Waals surface area contributed by atoms with Crippen LogP contribution in [0.4, 0.5) is 17.1 Å². The molecule has 3 nitrogen and oxygen atoms in total. The minimum atomic E-state index is -0.391. The van der Waals surface area contributed by atoms with Gasteiger partial charge in [0.2, 0.25) is 0 Å². The summed E-state index contributed by atoms with van der Waals surface area (Å²) in [5.74, 6) is -0.391. The molecule has 0 aliphatic heterocycles. The highest BCUT2D eigenvalue weighted by Crippen LogP contribution is 2.38. The number of esters is 1. The number of hydrogen-bond acceptors (Lipinski definition) is 3. The van der Waals surface area contributed by atoms with Crippen LogP contribution in [0, 0.1) is 20.8 Å². The van der Waals surface area contributed by atoms with Gasteiger partial charge in [-0.25, -0.2) is 4.79 Å². The lowest BCUT2D eigenvalue weighted by atomic mass is 9.94. The molecule has 0 saturated carbocycles. The van der Waals surface area contributed by atoms with Gasteiger partial charge in [0, 0.05) is 22.6 Å². The molecule has 7 aromatic carbocycles. The number of carbonyl (C=O) groups is 1. The summed E-state index contributed by atoms with van der Waals surface area (Å²) in [4.78, 5) is 14.4. The maximum absolute atomic E-state index is 12.1. The Bertz CT molecular complexity index is 2550. The monoisotopic (exact) mass is 741 g/mol. The molecule has 0 aromatic heterocycles. The Morgan fingerprint density at radius 3 is 1.56 bits per heavy atom. The van der Waals surface area contributed by atoms with Gasteiger partial charge in [-0.3, -0.25) is 0 Å². The Hall–Kier alpha value is -6.97. The second kappa shape index (κ2) is 17.7. The van der Waals surface area contributed by atoms with Crippen LogP contribution in [0.15, 0.2) is 188 Å². The topological polar surface area (TPSA) is 29.5 Å². The summed E-state index contributed by atoms with van der Waals surface area (Å²) in [6.45, 7) is 11.9. The van der Waals surface area contributed by atoms with Crippen LogP contribution in [0.2, 0.25) is 0 Å². The molecule has 3 heteroatoms. The standard InChI is InChI=1S/C54H47NO2/c1-38(2)54(56)57-37-44-25-32-53(41(5)34-44)55(49-28-21-42(22-29-49)35-51(45-14-8-6-9-15-45)47-26-19-39(3)20-27-47)50-30-23-43(24-31-50)36-52(46-16-10-7-11-17-46)48-18-12-13-40(4)33-48/h6-36H,1,37H2,2-5H3/b51-35+,52-36-. The van der Waals surface area contributed by atoms with Crippen molar-refractivity contribution in [2.45, 2.75) is 34.3 Å². The molecule has 57 heavy (non-hydrogen) atoms.